The second-order valence-electron chi connectivity index (χ2n) is 10.9. The first-order chi connectivity index (χ1) is 17.7. The minimum Gasteiger partial charge on any atom is -0.444 e. The molecule has 10 heteroatoms. The van der Waals surface area contributed by atoms with Crippen LogP contribution in [0.3, 0.4) is 0 Å². The minimum absolute atomic E-state index is 0.00395. The van der Waals surface area contributed by atoms with E-state index < -0.39 is 5.60 Å². The van der Waals surface area contributed by atoms with Gasteiger partial charge in [0.05, 0.1) is 23.8 Å². The van der Waals surface area contributed by atoms with Gasteiger partial charge >= 0.3 is 6.09 Å². The van der Waals surface area contributed by atoms with Crippen molar-refractivity contribution < 1.29 is 9.53 Å². The molecule has 2 aliphatic rings. The fourth-order valence-corrected chi connectivity index (χ4v) is 5.12. The van der Waals surface area contributed by atoms with E-state index in [1.165, 1.54) is 0 Å². The van der Waals surface area contributed by atoms with Crippen LogP contribution in [-0.2, 0) is 4.74 Å². The molecule has 37 heavy (non-hydrogen) atoms. The van der Waals surface area contributed by atoms with E-state index in [0.717, 1.165) is 48.0 Å². The lowest BCUT2D eigenvalue weighted by atomic mass is 10.1. The van der Waals surface area contributed by atoms with E-state index in [-0.39, 0.29) is 17.7 Å². The lowest BCUT2D eigenvalue weighted by Gasteiger charge is -2.36. The van der Waals surface area contributed by atoms with Crippen LogP contribution < -0.4 is 15.8 Å². The zero-order valence-corrected chi connectivity index (χ0v) is 22.0. The molecule has 1 saturated heterocycles. The van der Waals surface area contributed by atoms with Gasteiger partial charge in [-0.2, -0.15) is 4.98 Å². The molecule has 3 aromatic rings. The first-order valence-corrected chi connectivity index (χ1v) is 13.0. The fraction of sp³-hybridized carbons (Fsp3) is 0.519. The van der Waals surface area contributed by atoms with Crippen LogP contribution in [-0.4, -0.2) is 62.3 Å². The summed E-state index contributed by atoms with van der Waals surface area (Å²) in [5.41, 5.74) is 2.76. The third-order valence-corrected chi connectivity index (χ3v) is 6.97. The van der Waals surface area contributed by atoms with Crippen LogP contribution in [0.1, 0.15) is 58.1 Å². The quantitative estimate of drug-likeness (QED) is 0.556. The van der Waals surface area contributed by atoms with Crippen LogP contribution in [0.4, 0.5) is 22.1 Å². The summed E-state index contributed by atoms with van der Waals surface area (Å²) < 4.78 is 7.35. The molecular weight excluding hydrogens is 470 g/mol. The Hall–Kier alpha value is -3.69. The molecule has 0 radical (unpaired) electrons. The van der Waals surface area contributed by atoms with Crippen molar-refractivity contribution in [3.63, 3.8) is 0 Å². The van der Waals surface area contributed by atoms with Gasteiger partial charge in [-0.15, -0.1) is 0 Å². The van der Waals surface area contributed by atoms with E-state index in [9.17, 15) is 9.59 Å². The summed E-state index contributed by atoms with van der Waals surface area (Å²) in [5, 5.41) is 4.17. The topological polar surface area (TPSA) is 105 Å². The van der Waals surface area contributed by atoms with Crippen LogP contribution in [0.5, 0.6) is 0 Å². The van der Waals surface area contributed by atoms with Crippen molar-refractivity contribution in [1.29, 1.82) is 0 Å². The van der Waals surface area contributed by atoms with Crippen molar-refractivity contribution in [1.82, 2.24) is 24.4 Å². The predicted octanol–water partition coefficient (Wildman–Crippen LogP) is 4.41. The Morgan fingerprint density at radius 3 is 2.49 bits per heavy atom. The molecule has 1 N–H and O–H groups in total. The van der Waals surface area contributed by atoms with Gasteiger partial charge in [-0.3, -0.25) is 14.3 Å². The maximum Gasteiger partial charge on any atom is 0.410 e. The number of hydrogen-bond donors (Lipinski definition) is 1. The zero-order chi connectivity index (χ0) is 26.2. The van der Waals surface area contributed by atoms with Crippen molar-refractivity contribution in [3.8, 4) is 0 Å². The summed E-state index contributed by atoms with van der Waals surface area (Å²) in [6.07, 6.45) is 9.32. The van der Waals surface area contributed by atoms with Gasteiger partial charge in [-0.05, 0) is 52.2 Å². The summed E-state index contributed by atoms with van der Waals surface area (Å²) in [5.74, 6) is 0.429. The number of ether oxygens (including phenoxy) is 1. The average molecular weight is 506 g/mol. The lowest BCUT2D eigenvalue weighted by Crippen LogP contribution is -2.50. The zero-order valence-electron chi connectivity index (χ0n) is 22.0. The van der Waals surface area contributed by atoms with Crippen LogP contribution in [0, 0.1) is 6.92 Å². The molecule has 0 aromatic carbocycles. The third-order valence-electron chi connectivity index (χ3n) is 6.97. The number of aryl methyl sites for hydroxylation is 1. The Balaban J connectivity index is 1.33. The van der Waals surface area contributed by atoms with Gasteiger partial charge in [0, 0.05) is 49.9 Å². The number of hydrogen-bond acceptors (Lipinski definition) is 8. The number of rotatable bonds is 4. The van der Waals surface area contributed by atoms with Gasteiger partial charge in [0.1, 0.15) is 11.2 Å². The molecule has 4 heterocycles. The number of nitrogens with one attached hydrogen (secondary N) is 1. The van der Waals surface area contributed by atoms with Gasteiger partial charge < -0.3 is 19.9 Å². The van der Waals surface area contributed by atoms with Crippen molar-refractivity contribution in [3.05, 3.63) is 46.6 Å². The highest BCUT2D eigenvalue weighted by molar-refractivity contribution is 5.79. The molecule has 1 amide bonds. The first-order valence-electron chi connectivity index (χ1n) is 13.0. The fourth-order valence-electron chi connectivity index (χ4n) is 5.12. The largest absolute Gasteiger partial charge is 0.444 e. The van der Waals surface area contributed by atoms with Crippen LogP contribution >= 0.6 is 0 Å². The second kappa shape index (κ2) is 9.99. The number of aromatic nitrogens is 4. The number of pyridine rings is 2. The molecule has 0 unspecified atom stereocenters. The van der Waals surface area contributed by atoms with Gasteiger partial charge in [0.25, 0.3) is 5.56 Å². The van der Waals surface area contributed by atoms with Crippen LogP contribution in [0.25, 0.3) is 11.0 Å². The number of amides is 1. The van der Waals surface area contributed by atoms with Crippen molar-refractivity contribution >= 4 is 34.4 Å². The number of anilines is 3. The average Bonchev–Trinajstić information content (AvgIpc) is 3.37. The van der Waals surface area contributed by atoms with Crippen molar-refractivity contribution in [2.75, 3.05) is 36.4 Å². The third kappa shape index (κ3) is 5.52. The number of nitrogens with zero attached hydrogens (tertiary/aromatic N) is 6. The molecule has 5 rings (SSSR count). The molecular formula is C27H35N7O3. The highest BCUT2D eigenvalue weighted by Gasteiger charge is 2.26. The lowest BCUT2D eigenvalue weighted by molar-refractivity contribution is 0.0240. The van der Waals surface area contributed by atoms with Gasteiger partial charge in [-0.1, -0.05) is 12.8 Å². The Labute approximate surface area is 216 Å². The first kappa shape index (κ1) is 25.0. The predicted molar refractivity (Wildman–Crippen MR) is 144 cm³/mol. The van der Waals surface area contributed by atoms with Crippen molar-refractivity contribution in [2.45, 2.75) is 65.0 Å². The molecule has 0 atom stereocenters. The number of fused-ring (bicyclic) bond motifs is 1. The van der Waals surface area contributed by atoms with E-state index >= 15 is 0 Å². The highest BCUT2D eigenvalue weighted by atomic mass is 16.6. The van der Waals surface area contributed by atoms with E-state index in [0.29, 0.717) is 37.8 Å². The molecule has 2 fully saturated rings. The van der Waals surface area contributed by atoms with E-state index in [4.69, 9.17) is 9.72 Å². The van der Waals surface area contributed by atoms with Gasteiger partial charge in [-0.25, -0.2) is 9.78 Å². The summed E-state index contributed by atoms with van der Waals surface area (Å²) in [6.45, 7) is 10.1. The standard InChI is InChI=1S/C27H35N7O3/c1-18-13-23(35)34(20-7-5-6-8-20)24-22(18)17-29-25(31-24)30-19-14-21(16-28-15-19)32-9-11-33(12-10-32)26(36)37-27(2,3)4/h13-17,20H,5-12H2,1-4H3,(H,29,30,31). The molecule has 10 nitrogen and oxygen atoms in total. The molecule has 0 spiro atoms. The van der Waals surface area contributed by atoms with Gasteiger partial charge in [0.15, 0.2) is 0 Å². The Morgan fingerprint density at radius 2 is 1.78 bits per heavy atom. The number of piperazine rings is 1. The smallest absolute Gasteiger partial charge is 0.410 e. The van der Waals surface area contributed by atoms with Gasteiger partial charge in [0.2, 0.25) is 5.95 Å². The van der Waals surface area contributed by atoms with Crippen LogP contribution in [0.15, 0.2) is 35.5 Å². The van der Waals surface area contributed by atoms with Crippen molar-refractivity contribution in [2.24, 2.45) is 0 Å². The summed E-state index contributed by atoms with van der Waals surface area (Å²) in [4.78, 5) is 42.9. The summed E-state index contributed by atoms with van der Waals surface area (Å²) in [7, 11) is 0. The SMILES string of the molecule is Cc1cc(=O)n(C2CCCC2)c2nc(Nc3cncc(N4CCN(C(=O)OC(C)(C)C)CC4)c3)ncc12. The Kier molecular flexibility index (Phi) is 6.74. The summed E-state index contributed by atoms with van der Waals surface area (Å²) >= 11 is 0. The Morgan fingerprint density at radius 1 is 1.05 bits per heavy atom. The highest BCUT2D eigenvalue weighted by Crippen LogP contribution is 2.31. The minimum atomic E-state index is -0.507. The molecule has 1 aliphatic carbocycles. The second-order valence-corrected chi connectivity index (χ2v) is 10.9. The molecule has 1 saturated carbocycles. The number of carbonyl (C=O) groups excluding carboxylic acids is 1. The maximum absolute atomic E-state index is 12.9. The molecule has 1 aliphatic heterocycles. The Bertz CT molecular complexity index is 1350. The molecule has 0 bridgehead atoms. The normalized spacial score (nSPS) is 16.9. The van der Waals surface area contributed by atoms with Crippen LogP contribution in [0.2, 0.25) is 0 Å². The van der Waals surface area contributed by atoms with E-state index in [1.54, 1.807) is 23.4 Å². The van der Waals surface area contributed by atoms with E-state index in [2.05, 4.69) is 20.2 Å². The number of carbonyl (C=O) groups is 1. The maximum atomic E-state index is 12.9. The molecule has 3 aromatic heterocycles. The molecule has 196 valence electrons. The monoisotopic (exact) mass is 505 g/mol. The summed E-state index contributed by atoms with van der Waals surface area (Å²) in [6, 6.07) is 3.87. The van der Waals surface area contributed by atoms with E-state index in [1.807, 2.05) is 44.5 Å².